The number of ether oxygens (including phenoxy) is 1. The highest BCUT2D eigenvalue weighted by Gasteiger charge is 2.12. The summed E-state index contributed by atoms with van der Waals surface area (Å²) >= 11 is 3.37. The van der Waals surface area contributed by atoms with E-state index >= 15 is 0 Å². The molecule has 0 spiro atoms. The van der Waals surface area contributed by atoms with E-state index in [4.69, 9.17) is 15.9 Å². The van der Waals surface area contributed by atoms with E-state index in [-0.39, 0.29) is 5.84 Å². The van der Waals surface area contributed by atoms with Crippen LogP contribution >= 0.6 is 15.9 Å². The average molecular weight is 323 g/mol. The second kappa shape index (κ2) is 5.88. The van der Waals surface area contributed by atoms with Gasteiger partial charge in [0.05, 0.1) is 18.0 Å². The van der Waals surface area contributed by atoms with Gasteiger partial charge >= 0.3 is 0 Å². The van der Waals surface area contributed by atoms with E-state index in [1.807, 2.05) is 23.0 Å². The quantitative estimate of drug-likeness (QED) is 0.655. The van der Waals surface area contributed by atoms with Crippen LogP contribution in [-0.2, 0) is 6.54 Å². The minimum atomic E-state index is -0.0385. The van der Waals surface area contributed by atoms with Gasteiger partial charge in [-0.25, -0.2) is 0 Å². The van der Waals surface area contributed by atoms with Gasteiger partial charge in [-0.2, -0.15) is 5.10 Å². The van der Waals surface area contributed by atoms with Crippen LogP contribution in [0, 0.1) is 5.41 Å². The average Bonchev–Trinajstić information content (AvgIpc) is 2.76. The first-order valence-corrected chi connectivity index (χ1v) is 6.74. The molecular formula is C13H15BrN4O. The highest BCUT2D eigenvalue weighted by molar-refractivity contribution is 9.10. The first-order chi connectivity index (χ1) is 9.11. The van der Waals surface area contributed by atoms with Crippen LogP contribution in [0.4, 0.5) is 0 Å². The summed E-state index contributed by atoms with van der Waals surface area (Å²) in [6.07, 6.45) is 4.49. The molecule has 0 atom stereocenters. The number of aromatic nitrogens is 2. The van der Waals surface area contributed by atoms with E-state index in [0.29, 0.717) is 17.1 Å². The molecule has 0 aliphatic rings. The lowest BCUT2D eigenvalue weighted by Crippen LogP contribution is -2.13. The number of amidine groups is 1. The molecule has 0 aliphatic heterocycles. The molecule has 1 aromatic heterocycles. The summed E-state index contributed by atoms with van der Waals surface area (Å²) in [5.74, 6) is 1.13. The molecule has 0 aliphatic carbocycles. The molecule has 6 heteroatoms. The van der Waals surface area contributed by atoms with Gasteiger partial charge in [-0.3, -0.25) is 10.1 Å². The molecule has 0 amide bonds. The Labute approximate surface area is 120 Å². The number of nitrogens with one attached hydrogen (secondary N) is 1. The number of hydrogen-bond acceptors (Lipinski definition) is 3. The zero-order valence-corrected chi connectivity index (χ0v) is 12.1. The number of nitrogen functional groups attached to an aromatic ring is 1. The maximum Gasteiger partial charge on any atom is 0.165 e. The van der Waals surface area contributed by atoms with E-state index in [1.165, 1.54) is 0 Å². The van der Waals surface area contributed by atoms with Crippen LogP contribution in [0.2, 0.25) is 0 Å². The van der Waals surface area contributed by atoms with Gasteiger partial charge in [0.1, 0.15) is 11.6 Å². The van der Waals surface area contributed by atoms with Gasteiger partial charge in [0.15, 0.2) is 5.75 Å². The molecule has 0 saturated carbocycles. The van der Waals surface area contributed by atoms with Crippen molar-refractivity contribution in [3.05, 3.63) is 40.6 Å². The Bertz CT molecular complexity index is 594. The fourth-order valence-corrected chi connectivity index (χ4v) is 2.29. The minimum Gasteiger partial charge on any atom is -0.453 e. The van der Waals surface area contributed by atoms with Crippen LogP contribution in [0.15, 0.2) is 35.1 Å². The molecule has 19 heavy (non-hydrogen) atoms. The summed E-state index contributed by atoms with van der Waals surface area (Å²) in [6, 6.07) is 5.44. The predicted molar refractivity (Wildman–Crippen MR) is 77.8 cm³/mol. The third-order valence-electron chi connectivity index (χ3n) is 2.53. The lowest BCUT2D eigenvalue weighted by Gasteiger charge is -2.10. The van der Waals surface area contributed by atoms with E-state index in [9.17, 15) is 0 Å². The number of hydrogen-bond donors (Lipinski definition) is 2. The third-order valence-corrected chi connectivity index (χ3v) is 3.20. The van der Waals surface area contributed by atoms with E-state index < -0.39 is 0 Å². The monoisotopic (exact) mass is 322 g/mol. The summed E-state index contributed by atoms with van der Waals surface area (Å²) in [5.41, 5.74) is 6.12. The predicted octanol–water partition coefficient (Wildman–Crippen LogP) is 3.13. The summed E-state index contributed by atoms with van der Waals surface area (Å²) in [5, 5.41) is 11.8. The molecule has 2 aromatic rings. The molecule has 5 nitrogen and oxygen atoms in total. The van der Waals surface area contributed by atoms with Crippen LogP contribution in [0.1, 0.15) is 18.9 Å². The van der Waals surface area contributed by atoms with E-state index in [2.05, 4.69) is 28.0 Å². The number of halogens is 1. The molecule has 100 valence electrons. The van der Waals surface area contributed by atoms with Gasteiger partial charge in [-0.05, 0) is 34.5 Å². The van der Waals surface area contributed by atoms with Crippen molar-refractivity contribution in [1.82, 2.24) is 9.78 Å². The van der Waals surface area contributed by atoms with Crippen molar-refractivity contribution in [2.75, 3.05) is 0 Å². The third kappa shape index (κ3) is 3.14. The summed E-state index contributed by atoms with van der Waals surface area (Å²) in [6.45, 7) is 2.94. The smallest absolute Gasteiger partial charge is 0.165 e. The molecule has 2 rings (SSSR count). The molecule has 1 heterocycles. The summed E-state index contributed by atoms with van der Waals surface area (Å²) in [7, 11) is 0. The van der Waals surface area contributed by atoms with Crippen molar-refractivity contribution in [3.63, 3.8) is 0 Å². The number of rotatable bonds is 5. The first-order valence-electron chi connectivity index (χ1n) is 5.95. The Kier molecular flexibility index (Phi) is 4.21. The lowest BCUT2D eigenvalue weighted by atomic mass is 10.2. The Morgan fingerprint density at radius 3 is 3.00 bits per heavy atom. The zero-order valence-electron chi connectivity index (χ0n) is 10.6. The van der Waals surface area contributed by atoms with Crippen molar-refractivity contribution in [2.24, 2.45) is 5.73 Å². The summed E-state index contributed by atoms with van der Waals surface area (Å²) < 4.78 is 8.30. The number of benzene rings is 1. The fourth-order valence-electron chi connectivity index (χ4n) is 1.73. The van der Waals surface area contributed by atoms with Crippen molar-refractivity contribution in [3.8, 4) is 11.5 Å². The van der Waals surface area contributed by atoms with Crippen LogP contribution in [0.25, 0.3) is 0 Å². The zero-order chi connectivity index (χ0) is 13.8. The molecular weight excluding hydrogens is 308 g/mol. The van der Waals surface area contributed by atoms with Crippen molar-refractivity contribution >= 4 is 21.8 Å². The van der Waals surface area contributed by atoms with Gasteiger partial charge in [0.2, 0.25) is 0 Å². The molecule has 3 N–H and O–H groups in total. The van der Waals surface area contributed by atoms with Gasteiger partial charge in [0.25, 0.3) is 0 Å². The Balaban J connectivity index is 2.27. The van der Waals surface area contributed by atoms with Gasteiger partial charge in [-0.15, -0.1) is 0 Å². The maximum absolute atomic E-state index is 7.60. The molecule has 0 fully saturated rings. The van der Waals surface area contributed by atoms with Crippen LogP contribution in [0.5, 0.6) is 11.5 Å². The molecule has 0 bridgehead atoms. The number of nitrogens with two attached hydrogens (primary N) is 1. The SMILES string of the molecule is CCCn1cc(Oc2cccc(Br)c2C(=N)N)cn1. The topological polar surface area (TPSA) is 76.9 Å². The molecule has 0 unspecified atom stereocenters. The lowest BCUT2D eigenvalue weighted by molar-refractivity contribution is 0.479. The number of aryl methyl sites for hydroxylation is 1. The highest BCUT2D eigenvalue weighted by Crippen LogP contribution is 2.30. The highest BCUT2D eigenvalue weighted by atomic mass is 79.9. The fraction of sp³-hybridized carbons (Fsp3) is 0.231. The minimum absolute atomic E-state index is 0.0385. The second-order valence-corrected chi connectivity index (χ2v) is 4.92. The Morgan fingerprint density at radius 1 is 1.53 bits per heavy atom. The molecule has 0 radical (unpaired) electrons. The standard InChI is InChI=1S/C13H15BrN4O/c1-2-6-18-8-9(7-17-18)19-11-5-3-4-10(14)12(11)13(15)16/h3-5,7-8H,2,6H2,1H3,(H3,15,16). The van der Waals surface area contributed by atoms with Gasteiger partial charge < -0.3 is 10.5 Å². The maximum atomic E-state index is 7.60. The van der Waals surface area contributed by atoms with Crippen LogP contribution < -0.4 is 10.5 Å². The Morgan fingerprint density at radius 2 is 2.32 bits per heavy atom. The first kappa shape index (κ1) is 13.6. The second-order valence-electron chi connectivity index (χ2n) is 4.07. The van der Waals surface area contributed by atoms with Crippen molar-refractivity contribution in [2.45, 2.75) is 19.9 Å². The van der Waals surface area contributed by atoms with Gasteiger partial charge in [-0.1, -0.05) is 13.0 Å². The van der Waals surface area contributed by atoms with E-state index in [0.717, 1.165) is 17.4 Å². The van der Waals surface area contributed by atoms with Crippen molar-refractivity contribution < 1.29 is 4.74 Å². The van der Waals surface area contributed by atoms with E-state index in [1.54, 1.807) is 12.3 Å². The largest absolute Gasteiger partial charge is 0.453 e. The number of nitrogens with zero attached hydrogens (tertiary/aromatic N) is 2. The van der Waals surface area contributed by atoms with Crippen LogP contribution in [0.3, 0.4) is 0 Å². The Hall–Kier alpha value is -1.82. The van der Waals surface area contributed by atoms with Crippen molar-refractivity contribution in [1.29, 1.82) is 5.41 Å². The molecule has 0 saturated heterocycles. The molecule has 1 aromatic carbocycles. The summed E-state index contributed by atoms with van der Waals surface area (Å²) in [4.78, 5) is 0. The van der Waals surface area contributed by atoms with Gasteiger partial charge in [0, 0.05) is 11.0 Å². The van der Waals surface area contributed by atoms with Crippen LogP contribution in [-0.4, -0.2) is 15.6 Å². The normalized spacial score (nSPS) is 10.4.